The summed E-state index contributed by atoms with van der Waals surface area (Å²) in [5.41, 5.74) is 0.667. The number of carbonyl (C=O) groups is 1. The summed E-state index contributed by atoms with van der Waals surface area (Å²) in [7, 11) is -3.79. The van der Waals surface area contributed by atoms with Crippen molar-refractivity contribution in [3.8, 4) is 0 Å². The van der Waals surface area contributed by atoms with Gasteiger partial charge in [0.1, 0.15) is 0 Å². The van der Waals surface area contributed by atoms with E-state index < -0.39 is 22.0 Å². The van der Waals surface area contributed by atoms with E-state index in [2.05, 4.69) is 36.2 Å². The molecule has 8 nitrogen and oxygen atoms in total. The van der Waals surface area contributed by atoms with Gasteiger partial charge in [0.05, 0.1) is 17.5 Å². The monoisotopic (exact) mass is 437 g/mol. The summed E-state index contributed by atoms with van der Waals surface area (Å²) >= 11 is 3.25. The highest BCUT2D eigenvalue weighted by molar-refractivity contribution is 9.10. The van der Waals surface area contributed by atoms with E-state index in [4.69, 9.17) is 0 Å². The van der Waals surface area contributed by atoms with E-state index in [0.29, 0.717) is 11.5 Å². The van der Waals surface area contributed by atoms with Gasteiger partial charge < -0.3 is 5.32 Å². The summed E-state index contributed by atoms with van der Waals surface area (Å²) in [6.07, 6.45) is 1.79. The topological polar surface area (TPSA) is 105 Å². The maximum Gasteiger partial charge on any atom is 0.241 e. The molecule has 3 rings (SSSR count). The van der Waals surface area contributed by atoms with Crippen molar-refractivity contribution in [1.82, 2.24) is 24.6 Å². The Morgan fingerprint density at radius 2 is 1.92 bits per heavy atom. The number of sulfonamides is 1. The van der Waals surface area contributed by atoms with Crippen LogP contribution < -0.4 is 10.0 Å². The zero-order chi connectivity index (χ0) is 18.7. The van der Waals surface area contributed by atoms with Crippen molar-refractivity contribution >= 4 is 37.5 Å². The third kappa shape index (κ3) is 4.09. The number of hydrogen-bond acceptors (Lipinski definition) is 5. The van der Waals surface area contributed by atoms with Crippen molar-refractivity contribution < 1.29 is 13.2 Å². The fraction of sp³-hybridized carbons (Fsp3) is 0.188. The predicted octanol–water partition coefficient (Wildman–Crippen LogP) is 1.48. The van der Waals surface area contributed by atoms with Gasteiger partial charge in [-0.15, -0.1) is 10.2 Å². The maximum atomic E-state index is 12.3. The number of rotatable bonds is 6. The Morgan fingerprint density at radius 3 is 2.65 bits per heavy atom. The summed E-state index contributed by atoms with van der Waals surface area (Å²) < 4.78 is 29.5. The Balaban J connectivity index is 1.63. The Labute approximate surface area is 158 Å². The van der Waals surface area contributed by atoms with Gasteiger partial charge >= 0.3 is 0 Å². The largest absolute Gasteiger partial charge is 0.347 e. The van der Waals surface area contributed by atoms with Gasteiger partial charge in [-0.2, -0.15) is 4.72 Å². The molecule has 0 aliphatic carbocycles. The minimum Gasteiger partial charge on any atom is -0.347 e. The molecule has 10 heteroatoms. The number of hydrogen-bond donors (Lipinski definition) is 2. The molecule has 26 heavy (non-hydrogen) atoms. The first-order chi connectivity index (χ1) is 12.4. The predicted molar refractivity (Wildman–Crippen MR) is 98.8 cm³/mol. The highest BCUT2D eigenvalue weighted by Crippen LogP contribution is 2.14. The summed E-state index contributed by atoms with van der Waals surface area (Å²) in [6.45, 7) is 1.61. The molecule has 0 saturated carbocycles. The van der Waals surface area contributed by atoms with Gasteiger partial charge in [-0.25, -0.2) is 8.42 Å². The normalized spacial score (nSPS) is 12.8. The third-order valence-electron chi connectivity index (χ3n) is 3.65. The van der Waals surface area contributed by atoms with Crippen molar-refractivity contribution in [1.29, 1.82) is 0 Å². The van der Waals surface area contributed by atoms with Crippen molar-refractivity contribution in [3.05, 3.63) is 59.0 Å². The van der Waals surface area contributed by atoms with E-state index >= 15 is 0 Å². The van der Waals surface area contributed by atoms with E-state index in [1.165, 1.54) is 19.1 Å². The molecule has 0 radical (unpaired) electrons. The van der Waals surface area contributed by atoms with Gasteiger partial charge in [-0.05, 0) is 43.3 Å². The van der Waals surface area contributed by atoms with Crippen molar-refractivity contribution in [2.24, 2.45) is 0 Å². The maximum absolute atomic E-state index is 12.3. The molecule has 136 valence electrons. The zero-order valence-electron chi connectivity index (χ0n) is 13.8. The lowest BCUT2D eigenvalue weighted by Crippen LogP contribution is -2.44. The molecule has 2 heterocycles. The first kappa shape index (κ1) is 18.5. The molecule has 0 aliphatic rings. The first-order valence-corrected chi connectivity index (χ1v) is 9.99. The van der Waals surface area contributed by atoms with Crippen LogP contribution in [0.1, 0.15) is 12.7 Å². The molecule has 1 atom stereocenters. The molecule has 2 N–H and O–H groups in total. The van der Waals surface area contributed by atoms with Crippen LogP contribution in [0.5, 0.6) is 0 Å². The van der Waals surface area contributed by atoms with Gasteiger partial charge in [0.15, 0.2) is 11.5 Å². The number of amides is 1. The summed E-state index contributed by atoms with van der Waals surface area (Å²) in [6, 6.07) is 10.7. The average molecular weight is 438 g/mol. The van der Waals surface area contributed by atoms with Crippen LogP contribution in [0.3, 0.4) is 0 Å². The SMILES string of the molecule is C[C@H](NS(=O)(=O)c1ccc(Br)cc1)C(=O)NCc1nnc2ccccn12. The molecule has 2 aromatic heterocycles. The number of aromatic nitrogens is 3. The van der Waals surface area contributed by atoms with E-state index in [0.717, 1.165) is 4.47 Å². The zero-order valence-corrected chi connectivity index (χ0v) is 16.2. The van der Waals surface area contributed by atoms with Crippen LogP contribution in [-0.2, 0) is 21.4 Å². The number of carbonyl (C=O) groups excluding carboxylic acids is 1. The number of pyridine rings is 1. The summed E-state index contributed by atoms with van der Waals surface area (Å²) in [5.74, 6) is 0.0929. The molecule has 1 amide bonds. The minimum absolute atomic E-state index is 0.0869. The van der Waals surface area contributed by atoms with Crippen LogP contribution in [-0.4, -0.2) is 35.0 Å². The Bertz CT molecular complexity index is 1030. The molecule has 0 unspecified atom stereocenters. The molecule has 1 aromatic carbocycles. The molecule has 0 aliphatic heterocycles. The Hall–Kier alpha value is -2.30. The van der Waals surface area contributed by atoms with E-state index in [-0.39, 0.29) is 11.4 Å². The molecule has 0 bridgehead atoms. The minimum atomic E-state index is -3.79. The van der Waals surface area contributed by atoms with Crippen LogP contribution in [0, 0.1) is 0 Å². The molecule has 0 spiro atoms. The Morgan fingerprint density at radius 1 is 1.19 bits per heavy atom. The molecular formula is C16H16BrN5O3S. The van der Waals surface area contributed by atoms with Crippen molar-refractivity contribution in [3.63, 3.8) is 0 Å². The van der Waals surface area contributed by atoms with Gasteiger partial charge in [-0.1, -0.05) is 22.0 Å². The fourth-order valence-electron chi connectivity index (χ4n) is 2.30. The number of halogens is 1. The molecular weight excluding hydrogens is 422 g/mol. The quantitative estimate of drug-likeness (QED) is 0.607. The second-order valence-electron chi connectivity index (χ2n) is 5.56. The molecule has 0 fully saturated rings. The van der Waals surface area contributed by atoms with Gasteiger partial charge in [0.2, 0.25) is 15.9 Å². The lowest BCUT2D eigenvalue weighted by molar-refractivity contribution is -0.122. The van der Waals surface area contributed by atoms with Gasteiger partial charge in [0, 0.05) is 10.7 Å². The second-order valence-corrected chi connectivity index (χ2v) is 8.19. The summed E-state index contributed by atoms with van der Waals surface area (Å²) in [4.78, 5) is 12.3. The lowest BCUT2D eigenvalue weighted by atomic mass is 10.3. The van der Waals surface area contributed by atoms with Crippen molar-refractivity contribution in [2.75, 3.05) is 0 Å². The van der Waals surface area contributed by atoms with E-state index in [9.17, 15) is 13.2 Å². The van der Waals surface area contributed by atoms with Gasteiger partial charge in [0.25, 0.3) is 0 Å². The second kappa shape index (κ2) is 7.52. The summed E-state index contributed by atoms with van der Waals surface area (Å²) in [5, 5.41) is 10.7. The fourth-order valence-corrected chi connectivity index (χ4v) is 3.77. The highest BCUT2D eigenvalue weighted by atomic mass is 79.9. The first-order valence-electron chi connectivity index (χ1n) is 7.71. The highest BCUT2D eigenvalue weighted by Gasteiger charge is 2.22. The number of nitrogens with zero attached hydrogens (tertiary/aromatic N) is 3. The van der Waals surface area contributed by atoms with Crippen LogP contribution >= 0.6 is 15.9 Å². The van der Waals surface area contributed by atoms with Gasteiger partial charge in [-0.3, -0.25) is 9.20 Å². The van der Waals surface area contributed by atoms with Crippen LogP contribution in [0.2, 0.25) is 0 Å². The number of fused-ring (bicyclic) bond motifs is 1. The number of benzene rings is 1. The van der Waals surface area contributed by atoms with E-state index in [1.807, 2.05) is 12.1 Å². The smallest absolute Gasteiger partial charge is 0.241 e. The molecule has 3 aromatic rings. The third-order valence-corrected chi connectivity index (χ3v) is 5.74. The average Bonchev–Trinajstić information content (AvgIpc) is 3.03. The van der Waals surface area contributed by atoms with Crippen LogP contribution in [0.15, 0.2) is 58.0 Å². The van der Waals surface area contributed by atoms with E-state index in [1.54, 1.807) is 28.8 Å². The standard InChI is InChI=1S/C16H16BrN5O3S/c1-11(21-26(24,25)13-7-5-12(17)6-8-13)16(23)18-10-15-20-19-14-4-2-3-9-22(14)15/h2-9,11,21H,10H2,1H3,(H,18,23)/t11-/m0/s1. The lowest BCUT2D eigenvalue weighted by Gasteiger charge is -2.14. The number of nitrogens with one attached hydrogen (secondary N) is 2. The van der Waals surface area contributed by atoms with Crippen molar-refractivity contribution in [2.45, 2.75) is 24.4 Å². The van der Waals surface area contributed by atoms with Crippen LogP contribution in [0.25, 0.3) is 5.65 Å². The van der Waals surface area contributed by atoms with Crippen LogP contribution in [0.4, 0.5) is 0 Å². The Kier molecular flexibility index (Phi) is 5.35. The molecule has 0 saturated heterocycles.